The first-order chi connectivity index (χ1) is 9.24. The van der Waals surface area contributed by atoms with Crippen LogP contribution in [0, 0.1) is 10.1 Å². The molecule has 1 aromatic rings. The Morgan fingerprint density at radius 2 is 2.05 bits per heavy atom. The van der Waals surface area contributed by atoms with Crippen LogP contribution in [0.2, 0.25) is 0 Å². The Balaban J connectivity index is 3.00. The quantitative estimate of drug-likeness (QED) is 0.580. The maximum absolute atomic E-state index is 11.5. The summed E-state index contributed by atoms with van der Waals surface area (Å²) in [5, 5.41) is 16.0. The van der Waals surface area contributed by atoms with Gasteiger partial charge in [0.25, 0.3) is 11.6 Å². The van der Waals surface area contributed by atoms with E-state index in [0.717, 1.165) is 6.26 Å². The number of carbonyl (C=O) groups excluding carboxylic acids is 1. The van der Waals surface area contributed by atoms with E-state index in [1.54, 1.807) is 0 Å². The predicted molar refractivity (Wildman–Crippen MR) is 74.7 cm³/mol. The second kappa shape index (κ2) is 6.33. The van der Waals surface area contributed by atoms with Crippen molar-refractivity contribution in [2.75, 3.05) is 30.9 Å². The lowest BCUT2D eigenvalue weighted by Gasteiger charge is -2.08. The second-order valence-electron chi connectivity index (χ2n) is 4.12. The van der Waals surface area contributed by atoms with E-state index in [-0.39, 0.29) is 35.1 Å². The van der Waals surface area contributed by atoms with Crippen LogP contribution < -0.4 is 10.6 Å². The van der Waals surface area contributed by atoms with Crippen molar-refractivity contribution in [2.45, 2.75) is 0 Å². The summed E-state index contributed by atoms with van der Waals surface area (Å²) >= 11 is 0. The van der Waals surface area contributed by atoms with Gasteiger partial charge in [-0.2, -0.15) is 0 Å². The second-order valence-corrected chi connectivity index (χ2v) is 6.38. The summed E-state index contributed by atoms with van der Waals surface area (Å²) in [5.74, 6) is -0.542. The maximum Gasteiger partial charge on any atom is 0.292 e. The molecule has 0 saturated heterocycles. The van der Waals surface area contributed by atoms with Gasteiger partial charge < -0.3 is 10.6 Å². The molecule has 8 nitrogen and oxygen atoms in total. The number of sulfone groups is 1. The fourth-order valence-electron chi connectivity index (χ4n) is 1.49. The van der Waals surface area contributed by atoms with Crippen molar-refractivity contribution in [2.24, 2.45) is 0 Å². The summed E-state index contributed by atoms with van der Waals surface area (Å²) in [6, 6.07) is 3.85. The van der Waals surface area contributed by atoms with Crippen molar-refractivity contribution >= 4 is 27.1 Å². The molecule has 1 aromatic carbocycles. The molecule has 0 heterocycles. The monoisotopic (exact) mass is 301 g/mol. The third-order valence-electron chi connectivity index (χ3n) is 2.47. The molecule has 0 unspecified atom stereocenters. The molecule has 1 rings (SSSR count). The van der Waals surface area contributed by atoms with Crippen LogP contribution in [0.4, 0.5) is 11.4 Å². The molecule has 1 amide bonds. The molecule has 0 fully saturated rings. The van der Waals surface area contributed by atoms with Crippen LogP contribution in [-0.4, -0.2) is 44.8 Å². The van der Waals surface area contributed by atoms with Crippen LogP contribution in [0.15, 0.2) is 18.2 Å². The molecule has 0 aliphatic carbocycles. The highest BCUT2D eigenvalue weighted by Gasteiger charge is 2.16. The van der Waals surface area contributed by atoms with Crippen molar-refractivity contribution in [3.8, 4) is 0 Å². The van der Waals surface area contributed by atoms with E-state index >= 15 is 0 Å². The summed E-state index contributed by atoms with van der Waals surface area (Å²) < 4.78 is 22.0. The van der Waals surface area contributed by atoms with Gasteiger partial charge in [-0.25, -0.2) is 8.42 Å². The van der Waals surface area contributed by atoms with Crippen LogP contribution in [0.25, 0.3) is 0 Å². The number of benzene rings is 1. The molecule has 0 radical (unpaired) electrons. The van der Waals surface area contributed by atoms with Crippen LogP contribution >= 0.6 is 0 Å². The third kappa shape index (κ3) is 4.50. The Morgan fingerprint density at radius 1 is 1.40 bits per heavy atom. The van der Waals surface area contributed by atoms with E-state index in [9.17, 15) is 23.3 Å². The summed E-state index contributed by atoms with van der Waals surface area (Å²) in [6.07, 6.45) is 1.07. The first-order valence-corrected chi connectivity index (χ1v) is 7.73. The van der Waals surface area contributed by atoms with Crippen molar-refractivity contribution in [1.29, 1.82) is 0 Å². The average Bonchev–Trinajstić information content (AvgIpc) is 2.35. The molecular formula is C11H15N3O5S. The first-order valence-electron chi connectivity index (χ1n) is 5.66. The van der Waals surface area contributed by atoms with Gasteiger partial charge in [-0.15, -0.1) is 0 Å². The lowest BCUT2D eigenvalue weighted by molar-refractivity contribution is -0.384. The fourth-order valence-corrected chi connectivity index (χ4v) is 1.97. The third-order valence-corrected chi connectivity index (χ3v) is 3.42. The molecule has 9 heteroatoms. The van der Waals surface area contributed by atoms with Crippen molar-refractivity contribution < 1.29 is 18.1 Å². The zero-order valence-electron chi connectivity index (χ0n) is 11.0. The van der Waals surface area contributed by atoms with Crippen LogP contribution in [0.5, 0.6) is 0 Å². The van der Waals surface area contributed by atoms with E-state index in [4.69, 9.17) is 0 Å². The number of nitrogens with zero attached hydrogens (tertiary/aromatic N) is 1. The molecule has 2 N–H and O–H groups in total. The molecule has 0 spiro atoms. The zero-order valence-corrected chi connectivity index (χ0v) is 11.9. The summed E-state index contributed by atoms with van der Waals surface area (Å²) in [7, 11) is -1.73. The highest BCUT2D eigenvalue weighted by atomic mass is 32.2. The van der Waals surface area contributed by atoms with E-state index in [2.05, 4.69) is 10.6 Å². The highest BCUT2D eigenvalue weighted by molar-refractivity contribution is 7.90. The minimum absolute atomic E-state index is 0.0247. The van der Waals surface area contributed by atoms with E-state index < -0.39 is 14.8 Å². The predicted octanol–water partition coefficient (Wildman–Crippen LogP) is 0.411. The summed E-state index contributed by atoms with van der Waals surface area (Å²) in [5.41, 5.74) is 0.144. The molecule has 20 heavy (non-hydrogen) atoms. The Morgan fingerprint density at radius 3 is 2.55 bits per heavy atom. The topological polar surface area (TPSA) is 118 Å². The molecule has 110 valence electrons. The fraction of sp³-hybridized carbons (Fsp3) is 0.364. The number of nitrogens with one attached hydrogen (secondary N) is 2. The lowest BCUT2D eigenvalue weighted by Crippen LogP contribution is -2.19. The number of nitro benzene ring substituents is 1. The van der Waals surface area contributed by atoms with Gasteiger partial charge in [-0.05, 0) is 12.1 Å². The molecule has 0 aliphatic rings. The molecule has 0 atom stereocenters. The van der Waals surface area contributed by atoms with E-state index in [0.29, 0.717) is 0 Å². The molecule has 0 bridgehead atoms. The number of nitro groups is 1. The summed E-state index contributed by atoms with van der Waals surface area (Å²) in [6.45, 7) is 0.0247. The Hall–Kier alpha value is -2.16. The van der Waals surface area contributed by atoms with Gasteiger partial charge in [-0.1, -0.05) is 0 Å². The number of carbonyl (C=O) groups is 1. The standard InChI is InChI=1S/C11H15N3O5S/c1-12-11(15)8-3-4-10(14(16)17)9(7-8)13-5-6-20(2,18)19/h3-4,7,13H,5-6H2,1-2H3,(H,12,15). The molecular weight excluding hydrogens is 286 g/mol. The van der Waals surface area contributed by atoms with Gasteiger partial charge in [0.2, 0.25) is 0 Å². The SMILES string of the molecule is CNC(=O)c1ccc([N+](=O)[O-])c(NCCS(C)(=O)=O)c1. The zero-order chi connectivity index (χ0) is 15.3. The van der Waals surface area contributed by atoms with E-state index in [1.165, 1.54) is 25.2 Å². The number of amides is 1. The number of anilines is 1. The highest BCUT2D eigenvalue weighted by Crippen LogP contribution is 2.25. The van der Waals surface area contributed by atoms with Crippen molar-refractivity contribution in [1.82, 2.24) is 5.32 Å². The van der Waals surface area contributed by atoms with Gasteiger partial charge in [0, 0.05) is 31.5 Å². The maximum atomic E-state index is 11.5. The smallest absolute Gasteiger partial charge is 0.292 e. The lowest BCUT2D eigenvalue weighted by atomic mass is 10.1. The number of rotatable bonds is 6. The number of hydrogen-bond acceptors (Lipinski definition) is 6. The van der Waals surface area contributed by atoms with Gasteiger partial charge in [0.05, 0.1) is 10.7 Å². The van der Waals surface area contributed by atoms with Crippen LogP contribution in [0.3, 0.4) is 0 Å². The summed E-state index contributed by atoms with van der Waals surface area (Å²) in [4.78, 5) is 21.8. The number of hydrogen-bond donors (Lipinski definition) is 2. The molecule has 0 aromatic heterocycles. The first kappa shape index (κ1) is 15.9. The minimum Gasteiger partial charge on any atom is -0.378 e. The van der Waals surface area contributed by atoms with Gasteiger partial charge in [-0.3, -0.25) is 14.9 Å². The Kier molecular flexibility index (Phi) is 5.03. The van der Waals surface area contributed by atoms with Crippen molar-refractivity contribution in [3.05, 3.63) is 33.9 Å². The van der Waals surface area contributed by atoms with Gasteiger partial charge in [0.15, 0.2) is 0 Å². The van der Waals surface area contributed by atoms with E-state index in [1.807, 2.05) is 0 Å². The molecule has 0 saturated carbocycles. The molecule has 0 aliphatic heterocycles. The minimum atomic E-state index is -3.17. The Labute approximate surface area is 116 Å². The van der Waals surface area contributed by atoms with Crippen molar-refractivity contribution in [3.63, 3.8) is 0 Å². The normalized spacial score (nSPS) is 10.9. The van der Waals surface area contributed by atoms with Gasteiger partial charge in [0.1, 0.15) is 15.5 Å². The van der Waals surface area contributed by atoms with Crippen LogP contribution in [0.1, 0.15) is 10.4 Å². The van der Waals surface area contributed by atoms with Crippen LogP contribution in [-0.2, 0) is 9.84 Å². The Bertz CT molecular complexity index is 627. The largest absolute Gasteiger partial charge is 0.378 e. The average molecular weight is 301 g/mol. The van der Waals surface area contributed by atoms with Gasteiger partial charge >= 0.3 is 0 Å².